The molecule has 0 aliphatic heterocycles. The van der Waals surface area contributed by atoms with Gasteiger partial charge in [0.2, 0.25) is 10.0 Å². The number of hydrogen-bond donors (Lipinski definition) is 2. The van der Waals surface area contributed by atoms with Crippen LogP contribution >= 0.6 is 11.6 Å². The Morgan fingerprint density at radius 1 is 1.30 bits per heavy atom. The fourth-order valence-electron chi connectivity index (χ4n) is 1.85. The summed E-state index contributed by atoms with van der Waals surface area (Å²) in [6, 6.07) is 4.92. The first-order valence-corrected chi connectivity index (χ1v) is 8.63. The van der Waals surface area contributed by atoms with Gasteiger partial charge in [-0.05, 0) is 37.6 Å². The van der Waals surface area contributed by atoms with Gasteiger partial charge in [-0.3, -0.25) is 0 Å². The first kappa shape index (κ1) is 17.4. The quantitative estimate of drug-likeness (QED) is 0.812. The van der Waals surface area contributed by atoms with Gasteiger partial charge < -0.3 is 5.32 Å². The van der Waals surface area contributed by atoms with Crippen molar-refractivity contribution in [1.82, 2.24) is 10.0 Å². The van der Waals surface area contributed by atoms with Gasteiger partial charge in [0.05, 0.1) is 5.02 Å². The molecule has 114 valence electrons. The molecule has 0 spiro atoms. The van der Waals surface area contributed by atoms with Crippen LogP contribution in [0.4, 0.5) is 0 Å². The highest BCUT2D eigenvalue weighted by atomic mass is 35.5. The number of hydrogen-bond acceptors (Lipinski definition) is 3. The summed E-state index contributed by atoms with van der Waals surface area (Å²) in [5.41, 5.74) is 0.883. The molecule has 2 atom stereocenters. The molecule has 0 saturated carbocycles. The van der Waals surface area contributed by atoms with E-state index >= 15 is 0 Å². The van der Waals surface area contributed by atoms with Crippen LogP contribution in [0.5, 0.6) is 0 Å². The monoisotopic (exact) mass is 318 g/mol. The number of rotatable bonds is 7. The third kappa shape index (κ3) is 4.45. The van der Waals surface area contributed by atoms with Crippen LogP contribution in [-0.4, -0.2) is 21.5 Å². The van der Waals surface area contributed by atoms with Crippen LogP contribution in [0.25, 0.3) is 0 Å². The number of nitrogens with one attached hydrogen (secondary N) is 2. The van der Waals surface area contributed by atoms with E-state index in [1.54, 1.807) is 12.1 Å². The molecule has 0 radical (unpaired) electrons. The molecular weight excluding hydrogens is 296 g/mol. The highest BCUT2D eigenvalue weighted by Gasteiger charge is 2.23. The van der Waals surface area contributed by atoms with Gasteiger partial charge in [-0.2, -0.15) is 0 Å². The molecule has 0 aromatic heterocycles. The summed E-state index contributed by atoms with van der Waals surface area (Å²) in [7, 11) is -1.78. The Hall–Kier alpha value is -0.620. The fourth-order valence-corrected chi connectivity index (χ4v) is 3.75. The second kappa shape index (κ2) is 7.41. The normalized spacial score (nSPS) is 15.1. The van der Waals surface area contributed by atoms with Crippen molar-refractivity contribution < 1.29 is 8.42 Å². The van der Waals surface area contributed by atoms with E-state index in [4.69, 9.17) is 11.6 Å². The Labute approximate surface area is 127 Å². The topological polar surface area (TPSA) is 58.2 Å². The third-order valence-electron chi connectivity index (χ3n) is 3.50. The standard InChI is InChI=1S/C14H23ClN2O2S/c1-5-10(2)11(3)17-20(18,19)14-8-12(9-16-4)6-7-13(14)15/h6-8,10-11,16-17H,5,9H2,1-4H3. The third-order valence-corrected chi connectivity index (χ3v) is 5.55. The Kier molecular flexibility index (Phi) is 6.45. The van der Waals surface area contributed by atoms with E-state index in [9.17, 15) is 8.42 Å². The maximum Gasteiger partial charge on any atom is 0.242 e. The molecule has 0 aliphatic carbocycles. The van der Waals surface area contributed by atoms with Crippen molar-refractivity contribution in [3.63, 3.8) is 0 Å². The molecule has 2 N–H and O–H groups in total. The minimum Gasteiger partial charge on any atom is -0.316 e. The average molecular weight is 319 g/mol. The number of benzene rings is 1. The summed E-state index contributed by atoms with van der Waals surface area (Å²) < 4.78 is 27.5. The van der Waals surface area contributed by atoms with E-state index in [1.807, 2.05) is 33.9 Å². The predicted molar refractivity (Wildman–Crippen MR) is 83.5 cm³/mol. The molecule has 0 heterocycles. The maximum atomic E-state index is 12.4. The average Bonchev–Trinajstić information content (AvgIpc) is 2.39. The van der Waals surface area contributed by atoms with Crippen LogP contribution in [0.1, 0.15) is 32.8 Å². The van der Waals surface area contributed by atoms with Crippen molar-refractivity contribution >= 4 is 21.6 Å². The lowest BCUT2D eigenvalue weighted by atomic mass is 10.0. The van der Waals surface area contributed by atoms with Crippen molar-refractivity contribution in [3.8, 4) is 0 Å². The van der Waals surface area contributed by atoms with E-state index < -0.39 is 10.0 Å². The van der Waals surface area contributed by atoms with Crippen molar-refractivity contribution in [1.29, 1.82) is 0 Å². The lowest BCUT2D eigenvalue weighted by Crippen LogP contribution is -2.37. The fraction of sp³-hybridized carbons (Fsp3) is 0.571. The summed E-state index contributed by atoms with van der Waals surface area (Å²) in [6.07, 6.45) is 0.914. The van der Waals surface area contributed by atoms with Gasteiger partial charge in [0.15, 0.2) is 0 Å². The van der Waals surface area contributed by atoms with Crippen LogP contribution in [0, 0.1) is 5.92 Å². The molecule has 20 heavy (non-hydrogen) atoms. The van der Waals surface area contributed by atoms with Crippen LogP contribution in [0.2, 0.25) is 5.02 Å². The van der Waals surface area contributed by atoms with Gasteiger partial charge in [-0.15, -0.1) is 0 Å². The van der Waals surface area contributed by atoms with Crippen molar-refractivity contribution in [3.05, 3.63) is 28.8 Å². The second-order valence-electron chi connectivity index (χ2n) is 5.09. The minimum absolute atomic E-state index is 0.131. The molecule has 0 aliphatic rings. The van der Waals surface area contributed by atoms with Crippen molar-refractivity contribution in [2.24, 2.45) is 5.92 Å². The molecule has 1 rings (SSSR count). The molecule has 0 saturated heterocycles. The van der Waals surface area contributed by atoms with E-state index in [0.717, 1.165) is 12.0 Å². The zero-order valence-corrected chi connectivity index (χ0v) is 14.0. The summed E-state index contributed by atoms with van der Waals surface area (Å²) in [5.74, 6) is 0.268. The first-order valence-electron chi connectivity index (χ1n) is 6.77. The zero-order valence-electron chi connectivity index (χ0n) is 12.4. The SMILES string of the molecule is CCC(C)C(C)NS(=O)(=O)c1cc(CNC)ccc1Cl. The second-order valence-corrected chi connectivity index (χ2v) is 7.18. The minimum atomic E-state index is -3.60. The first-order chi connectivity index (χ1) is 9.31. The van der Waals surface area contributed by atoms with E-state index in [1.165, 1.54) is 0 Å². The Morgan fingerprint density at radius 2 is 1.95 bits per heavy atom. The molecule has 2 unspecified atom stereocenters. The highest BCUT2D eigenvalue weighted by Crippen LogP contribution is 2.23. The zero-order chi connectivity index (χ0) is 15.3. The van der Waals surface area contributed by atoms with Crippen LogP contribution in [0.3, 0.4) is 0 Å². The number of halogens is 1. The summed E-state index contributed by atoms with van der Waals surface area (Å²) in [4.78, 5) is 0.141. The van der Waals surface area contributed by atoms with Gasteiger partial charge in [0.25, 0.3) is 0 Å². The highest BCUT2D eigenvalue weighted by molar-refractivity contribution is 7.89. The van der Waals surface area contributed by atoms with Gasteiger partial charge >= 0.3 is 0 Å². The predicted octanol–water partition coefficient (Wildman–Crippen LogP) is 2.77. The van der Waals surface area contributed by atoms with Crippen LogP contribution in [0.15, 0.2) is 23.1 Å². The summed E-state index contributed by atoms with van der Waals surface area (Å²) in [5, 5.41) is 3.24. The van der Waals surface area contributed by atoms with Crippen molar-refractivity contribution in [2.75, 3.05) is 7.05 Å². The van der Waals surface area contributed by atoms with E-state index in [0.29, 0.717) is 6.54 Å². The van der Waals surface area contributed by atoms with Crippen LogP contribution in [-0.2, 0) is 16.6 Å². The smallest absolute Gasteiger partial charge is 0.242 e. The Balaban J connectivity index is 3.05. The van der Waals surface area contributed by atoms with Gasteiger partial charge in [0.1, 0.15) is 4.90 Å². The molecule has 4 nitrogen and oxygen atoms in total. The largest absolute Gasteiger partial charge is 0.316 e. The lowest BCUT2D eigenvalue weighted by molar-refractivity contribution is 0.434. The van der Waals surface area contributed by atoms with Crippen molar-refractivity contribution in [2.45, 2.75) is 44.7 Å². The Morgan fingerprint density at radius 3 is 2.50 bits per heavy atom. The van der Waals surface area contributed by atoms with Gasteiger partial charge in [-0.1, -0.05) is 37.9 Å². The molecule has 1 aromatic carbocycles. The summed E-state index contributed by atoms with van der Waals surface area (Å²) >= 11 is 6.04. The number of sulfonamides is 1. The molecule has 0 bridgehead atoms. The van der Waals surface area contributed by atoms with Gasteiger partial charge in [0, 0.05) is 12.6 Å². The molecule has 0 amide bonds. The maximum absolute atomic E-state index is 12.4. The summed E-state index contributed by atoms with van der Waals surface area (Å²) in [6.45, 7) is 6.53. The lowest BCUT2D eigenvalue weighted by Gasteiger charge is -2.20. The Bertz CT molecular complexity index is 546. The molecule has 6 heteroatoms. The van der Waals surface area contributed by atoms with E-state index in [-0.39, 0.29) is 21.9 Å². The van der Waals surface area contributed by atoms with E-state index in [2.05, 4.69) is 10.0 Å². The molecule has 1 aromatic rings. The molecular formula is C14H23ClN2O2S. The molecule has 0 fully saturated rings. The van der Waals surface area contributed by atoms with Gasteiger partial charge in [-0.25, -0.2) is 13.1 Å². The van der Waals surface area contributed by atoms with Crippen LogP contribution < -0.4 is 10.0 Å².